The SMILES string of the molecule is C=C(C)c1nc(-c2ccc(CN(CCO)NC(=O)c3ccc(OC(C)C)c(Cl)c3)cc2)cn1C. The third-order valence-corrected chi connectivity index (χ3v) is 5.36. The predicted octanol–water partition coefficient (Wildman–Crippen LogP) is 4.70. The molecule has 2 aromatic carbocycles. The summed E-state index contributed by atoms with van der Waals surface area (Å²) in [6.45, 7) is 10.3. The number of rotatable bonds is 10. The number of aromatic nitrogens is 2. The van der Waals surface area contributed by atoms with Gasteiger partial charge in [0.15, 0.2) is 0 Å². The highest BCUT2D eigenvalue weighted by Gasteiger charge is 2.15. The van der Waals surface area contributed by atoms with Crippen molar-refractivity contribution >= 4 is 23.1 Å². The molecule has 0 aliphatic carbocycles. The number of aliphatic hydroxyl groups is 1. The number of hydrogen-bond acceptors (Lipinski definition) is 5. The molecule has 3 aromatic rings. The van der Waals surface area contributed by atoms with Gasteiger partial charge in [0.05, 0.1) is 23.4 Å². The lowest BCUT2D eigenvalue weighted by Gasteiger charge is -2.22. The van der Waals surface area contributed by atoms with Gasteiger partial charge in [0.25, 0.3) is 5.91 Å². The number of benzene rings is 2. The lowest BCUT2D eigenvalue weighted by molar-refractivity contribution is 0.0732. The highest BCUT2D eigenvalue weighted by molar-refractivity contribution is 6.32. The lowest BCUT2D eigenvalue weighted by Crippen LogP contribution is -2.43. The number of ether oxygens (including phenoxy) is 1. The standard InChI is InChI=1S/C26H31ClN4O3/c1-17(2)25-28-23(16-30(25)5)20-8-6-19(7-9-20)15-31(12-13-32)29-26(33)21-10-11-24(22(27)14-21)34-18(3)4/h6-11,14,16,18,32H,1,12-13,15H2,2-5H3,(H,29,33). The molecule has 0 aliphatic rings. The summed E-state index contributed by atoms with van der Waals surface area (Å²) in [5.74, 6) is 1.06. The van der Waals surface area contributed by atoms with Crippen LogP contribution in [-0.4, -0.2) is 44.8 Å². The monoisotopic (exact) mass is 482 g/mol. The minimum absolute atomic E-state index is 0.0190. The molecule has 1 aromatic heterocycles. The van der Waals surface area contributed by atoms with Crippen molar-refractivity contribution in [2.45, 2.75) is 33.4 Å². The number of hydrogen-bond donors (Lipinski definition) is 2. The van der Waals surface area contributed by atoms with Crippen LogP contribution in [0.25, 0.3) is 16.8 Å². The number of nitrogens with zero attached hydrogens (tertiary/aromatic N) is 3. The number of hydrazine groups is 1. The van der Waals surface area contributed by atoms with E-state index in [2.05, 4.69) is 17.0 Å². The Morgan fingerprint density at radius 3 is 2.53 bits per heavy atom. The van der Waals surface area contributed by atoms with Gasteiger partial charge in [-0.05, 0) is 50.1 Å². The van der Waals surface area contributed by atoms with Crippen molar-refractivity contribution in [2.75, 3.05) is 13.2 Å². The number of carbonyl (C=O) groups is 1. The van der Waals surface area contributed by atoms with Crippen LogP contribution >= 0.6 is 11.6 Å². The van der Waals surface area contributed by atoms with Crippen LogP contribution in [0.15, 0.2) is 55.2 Å². The number of amides is 1. The zero-order chi connectivity index (χ0) is 24.8. The first-order valence-corrected chi connectivity index (χ1v) is 11.5. The van der Waals surface area contributed by atoms with Crippen LogP contribution in [0.5, 0.6) is 5.75 Å². The van der Waals surface area contributed by atoms with Crippen LogP contribution in [0.3, 0.4) is 0 Å². The minimum atomic E-state index is -0.316. The fourth-order valence-electron chi connectivity index (χ4n) is 3.50. The molecular weight excluding hydrogens is 452 g/mol. The second-order valence-electron chi connectivity index (χ2n) is 8.44. The molecule has 0 saturated heterocycles. The van der Waals surface area contributed by atoms with Crippen LogP contribution in [0.4, 0.5) is 0 Å². The van der Waals surface area contributed by atoms with Gasteiger partial charge in [-0.15, -0.1) is 0 Å². The topological polar surface area (TPSA) is 79.6 Å². The first kappa shape index (κ1) is 25.5. The molecule has 180 valence electrons. The lowest BCUT2D eigenvalue weighted by atomic mass is 10.1. The zero-order valence-electron chi connectivity index (χ0n) is 20.0. The average molecular weight is 483 g/mol. The molecule has 0 unspecified atom stereocenters. The van der Waals surface area contributed by atoms with Gasteiger partial charge in [-0.1, -0.05) is 42.4 Å². The van der Waals surface area contributed by atoms with Crippen LogP contribution in [-0.2, 0) is 13.6 Å². The molecule has 1 amide bonds. The Morgan fingerprint density at radius 1 is 1.26 bits per heavy atom. The molecule has 2 N–H and O–H groups in total. The molecule has 0 fully saturated rings. The number of aryl methyl sites for hydroxylation is 1. The van der Waals surface area contributed by atoms with E-state index < -0.39 is 0 Å². The Balaban J connectivity index is 1.69. The van der Waals surface area contributed by atoms with E-state index in [9.17, 15) is 9.90 Å². The molecule has 0 bridgehead atoms. The largest absolute Gasteiger partial charge is 0.489 e. The molecule has 34 heavy (non-hydrogen) atoms. The Kier molecular flexibility index (Phi) is 8.50. The molecule has 0 aliphatic heterocycles. The Morgan fingerprint density at radius 2 is 1.97 bits per heavy atom. The average Bonchev–Trinajstić information content (AvgIpc) is 3.17. The van der Waals surface area contributed by atoms with E-state index in [1.165, 1.54) is 0 Å². The second kappa shape index (κ2) is 11.3. The summed E-state index contributed by atoms with van der Waals surface area (Å²) in [4.78, 5) is 17.4. The molecule has 3 rings (SSSR count). The maximum absolute atomic E-state index is 12.8. The second-order valence-corrected chi connectivity index (χ2v) is 8.84. The van der Waals surface area contributed by atoms with E-state index in [1.807, 2.05) is 62.8 Å². The molecule has 0 spiro atoms. The Hall–Kier alpha value is -3.13. The van der Waals surface area contributed by atoms with E-state index in [0.29, 0.717) is 22.9 Å². The Bertz CT molecular complexity index is 1160. The molecule has 8 heteroatoms. The summed E-state index contributed by atoms with van der Waals surface area (Å²) >= 11 is 6.27. The van der Waals surface area contributed by atoms with Crippen LogP contribution in [0.1, 0.15) is 42.5 Å². The molecule has 0 radical (unpaired) electrons. The molecule has 1 heterocycles. The van der Waals surface area contributed by atoms with Gasteiger partial charge in [0.1, 0.15) is 11.6 Å². The number of carbonyl (C=O) groups excluding carboxylic acids is 1. The van der Waals surface area contributed by atoms with Crippen LogP contribution in [0, 0.1) is 0 Å². The fraction of sp³-hybridized carbons (Fsp3) is 0.308. The van der Waals surface area contributed by atoms with Gasteiger partial charge < -0.3 is 14.4 Å². The normalized spacial score (nSPS) is 11.2. The van der Waals surface area contributed by atoms with Crippen molar-refractivity contribution in [1.29, 1.82) is 0 Å². The van der Waals surface area contributed by atoms with Gasteiger partial charge >= 0.3 is 0 Å². The Labute approximate surface area is 205 Å². The predicted molar refractivity (Wildman–Crippen MR) is 136 cm³/mol. The minimum Gasteiger partial charge on any atom is -0.489 e. The summed E-state index contributed by atoms with van der Waals surface area (Å²) in [6.07, 6.45) is 1.95. The number of aliphatic hydroxyl groups excluding tert-OH is 1. The third kappa shape index (κ3) is 6.47. The maximum atomic E-state index is 12.8. The molecule has 0 atom stereocenters. The van der Waals surface area contributed by atoms with Gasteiger partial charge in [-0.3, -0.25) is 10.2 Å². The summed E-state index contributed by atoms with van der Waals surface area (Å²) < 4.78 is 7.58. The van der Waals surface area contributed by atoms with Crippen molar-refractivity contribution in [2.24, 2.45) is 7.05 Å². The van der Waals surface area contributed by atoms with Gasteiger partial charge in [-0.25, -0.2) is 9.99 Å². The van der Waals surface area contributed by atoms with E-state index in [1.54, 1.807) is 23.2 Å². The highest BCUT2D eigenvalue weighted by atomic mass is 35.5. The van der Waals surface area contributed by atoms with Crippen molar-refractivity contribution in [3.05, 3.63) is 77.2 Å². The molecule has 7 nitrogen and oxygen atoms in total. The number of imidazole rings is 1. The smallest absolute Gasteiger partial charge is 0.265 e. The van der Waals surface area contributed by atoms with Crippen molar-refractivity contribution in [3.8, 4) is 17.0 Å². The number of halogens is 1. The highest BCUT2D eigenvalue weighted by Crippen LogP contribution is 2.26. The van der Waals surface area contributed by atoms with Crippen LogP contribution in [0.2, 0.25) is 5.02 Å². The number of nitrogens with one attached hydrogen (secondary N) is 1. The van der Waals surface area contributed by atoms with E-state index in [0.717, 1.165) is 28.2 Å². The van der Waals surface area contributed by atoms with Crippen LogP contribution < -0.4 is 10.2 Å². The summed E-state index contributed by atoms with van der Waals surface area (Å²) in [5, 5.41) is 11.5. The van der Waals surface area contributed by atoms with E-state index in [-0.39, 0.29) is 25.2 Å². The van der Waals surface area contributed by atoms with Gasteiger partial charge in [0, 0.05) is 37.5 Å². The van der Waals surface area contributed by atoms with Crippen molar-refractivity contribution in [3.63, 3.8) is 0 Å². The van der Waals surface area contributed by atoms with Gasteiger partial charge in [-0.2, -0.15) is 0 Å². The summed E-state index contributed by atoms with van der Waals surface area (Å²) in [6, 6.07) is 12.9. The summed E-state index contributed by atoms with van der Waals surface area (Å²) in [5.41, 5.74) is 7.00. The van der Waals surface area contributed by atoms with Crippen molar-refractivity contribution in [1.82, 2.24) is 20.0 Å². The zero-order valence-corrected chi connectivity index (χ0v) is 20.8. The quantitative estimate of drug-likeness (QED) is 0.409. The van der Waals surface area contributed by atoms with E-state index in [4.69, 9.17) is 16.3 Å². The van der Waals surface area contributed by atoms with E-state index >= 15 is 0 Å². The number of allylic oxidation sites excluding steroid dienone is 1. The van der Waals surface area contributed by atoms with Crippen molar-refractivity contribution < 1.29 is 14.6 Å². The molecule has 0 saturated carbocycles. The fourth-order valence-corrected chi connectivity index (χ4v) is 3.72. The first-order chi connectivity index (χ1) is 16.2. The molecular formula is C26H31ClN4O3. The summed E-state index contributed by atoms with van der Waals surface area (Å²) in [7, 11) is 1.95. The van der Waals surface area contributed by atoms with Gasteiger partial charge in [0.2, 0.25) is 0 Å². The first-order valence-electron chi connectivity index (χ1n) is 11.1. The third-order valence-electron chi connectivity index (χ3n) is 5.07. The maximum Gasteiger partial charge on any atom is 0.265 e.